The van der Waals surface area contributed by atoms with Crippen LogP contribution in [0, 0.1) is 0 Å². The Hall–Kier alpha value is -1.34. The first-order chi connectivity index (χ1) is 12.4. The van der Waals surface area contributed by atoms with Gasteiger partial charge >= 0.3 is 0 Å². The first-order valence-electron chi connectivity index (χ1n) is 8.44. The highest BCUT2D eigenvalue weighted by Gasteiger charge is 2.24. The van der Waals surface area contributed by atoms with Gasteiger partial charge in [-0.3, -0.25) is 9.79 Å². The van der Waals surface area contributed by atoms with Crippen LogP contribution < -0.4 is 5.32 Å². The molecular weight excluding hydrogens is 487 g/mol. The number of ether oxygens (including phenoxy) is 1. The summed E-state index contributed by atoms with van der Waals surface area (Å²) in [7, 11) is -1.29. The number of nitrogens with one attached hydrogen (secondary N) is 1. The standard InChI is InChI=1S/C16H26N4O5S.HI/c1-17-16(18-5-11-24-12-13-26(2,22)23)20-8-6-19(7-9-20)15(21)14-4-3-10-25-14;/h3-4,10H,5-9,11-13H2,1-2H3,(H,17,18);1H. The second kappa shape index (κ2) is 11.5. The van der Waals surface area contributed by atoms with Crippen molar-refractivity contribution < 1.29 is 22.4 Å². The van der Waals surface area contributed by atoms with Crippen LogP contribution in [0.2, 0.25) is 0 Å². The molecule has 0 radical (unpaired) electrons. The molecule has 0 unspecified atom stereocenters. The minimum Gasteiger partial charge on any atom is -0.459 e. The average Bonchev–Trinajstić information content (AvgIpc) is 3.14. The Balaban J connectivity index is 0.00000364. The number of hydrogen-bond acceptors (Lipinski definition) is 6. The second-order valence-corrected chi connectivity index (χ2v) is 8.23. The number of furan rings is 1. The topological polar surface area (TPSA) is 104 Å². The predicted molar refractivity (Wildman–Crippen MR) is 113 cm³/mol. The van der Waals surface area contributed by atoms with Gasteiger partial charge in [-0.1, -0.05) is 0 Å². The van der Waals surface area contributed by atoms with Gasteiger partial charge in [-0.25, -0.2) is 8.42 Å². The van der Waals surface area contributed by atoms with Crippen LogP contribution in [0.3, 0.4) is 0 Å². The molecular formula is C16H27IN4O5S. The number of aliphatic imine (C=N–C) groups is 1. The molecule has 2 heterocycles. The van der Waals surface area contributed by atoms with E-state index in [1.54, 1.807) is 24.1 Å². The fourth-order valence-corrected chi connectivity index (χ4v) is 2.98. The number of nitrogens with zero attached hydrogens (tertiary/aromatic N) is 3. The molecule has 0 saturated carbocycles. The number of halogens is 1. The zero-order valence-electron chi connectivity index (χ0n) is 15.6. The van der Waals surface area contributed by atoms with E-state index >= 15 is 0 Å². The molecule has 1 aromatic rings. The molecule has 1 aliphatic rings. The summed E-state index contributed by atoms with van der Waals surface area (Å²) in [6, 6.07) is 3.37. The second-order valence-electron chi connectivity index (χ2n) is 5.97. The molecule has 1 aliphatic heterocycles. The van der Waals surface area contributed by atoms with Crippen LogP contribution in [-0.4, -0.2) is 95.1 Å². The van der Waals surface area contributed by atoms with Crippen molar-refractivity contribution in [1.82, 2.24) is 15.1 Å². The van der Waals surface area contributed by atoms with Crippen molar-refractivity contribution in [3.8, 4) is 0 Å². The minimum atomic E-state index is -2.99. The fraction of sp³-hybridized carbons (Fsp3) is 0.625. The van der Waals surface area contributed by atoms with E-state index in [0.29, 0.717) is 45.1 Å². The molecule has 0 aliphatic carbocycles. The van der Waals surface area contributed by atoms with Gasteiger partial charge in [0.25, 0.3) is 5.91 Å². The molecule has 27 heavy (non-hydrogen) atoms. The summed E-state index contributed by atoms with van der Waals surface area (Å²) in [4.78, 5) is 20.3. The zero-order valence-corrected chi connectivity index (χ0v) is 18.7. The van der Waals surface area contributed by atoms with Crippen LogP contribution >= 0.6 is 24.0 Å². The number of hydrogen-bond donors (Lipinski definition) is 1. The zero-order chi connectivity index (χ0) is 19.0. The lowest BCUT2D eigenvalue weighted by molar-refractivity contribution is 0.0657. The van der Waals surface area contributed by atoms with Crippen molar-refractivity contribution in [2.24, 2.45) is 4.99 Å². The van der Waals surface area contributed by atoms with Crippen molar-refractivity contribution in [2.75, 3.05) is 65.0 Å². The Morgan fingerprint density at radius 2 is 1.93 bits per heavy atom. The summed E-state index contributed by atoms with van der Waals surface area (Å²) in [6.45, 7) is 3.62. The molecule has 1 saturated heterocycles. The van der Waals surface area contributed by atoms with Crippen molar-refractivity contribution in [3.05, 3.63) is 24.2 Å². The molecule has 0 atom stereocenters. The van der Waals surface area contributed by atoms with E-state index in [1.165, 1.54) is 12.5 Å². The quantitative estimate of drug-likeness (QED) is 0.242. The van der Waals surface area contributed by atoms with Crippen molar-refractivity contribution in [1.29, 1.82) is 0 Å². The van der Waals surface area contributed by atoms with Crippen LogP contribution in [0.5, 0.6) is 0 Å². The Kier molecular flexibility index (Phi) is 10.1. The van der Waals surface area contributed by atoms with E-state index < -0.39 is 9.84 Å². The van der Waals surface area contributed by atoms with E-state index in [4.69, 9.17) is 9.15 Å². The van der Waals surface area contributed by atoms with E-state index in [0.717, 1.165) is 5.96 Å². The Morgan fingerprint density at radius 1 is 1.26 bits per heavy atom. The predicted octanol–water partition coefficient (Wildman–Crippen LogP) is 0.292. The summed E-state index contributed by atoms with van der Waals surface area (Å²) < 4.78 is 32.5. The van der Waals surface area contributed by atoms with E-state index in [1.807, 2.05) is 0 Å². The molecule has 0 bridgehead atoms. The molecule has 2 rings (SSSR count). The number of rotatable bonds is 7. The minimum absolute atomic E-state index is 0. The third-order valence-electron chi connectivity index (χ3n) is 3.94. The lowest BCUT2D eigenvalue weighted by atomic mass is 10.3. The number of carbonyl (C=O) groups is 1. The van der Waals surface area contributed by atoms with Gasteiger partial charge in [0.2, 0.25) is 0 Å². The molecule has 1 fully saturated rings. The number of piperazine rings is 1. The molecule has 0 spiro atoms. The van der Waals surface area contributed by atoms with E-state index in [9.17, 15) is 13.2 Å². The lowest BCUT2D eigenvalue weighted by Crippen LogP contribution is -2.54. The highest BCUT2D eigenvalue weighted by Crippen LogP contribution is 2.09. The van der Waals surface area contributed by atoms with Gasteiger partial charge in [-0.05, 0) is 12.1 Å². The van der Waals surface area contributed by atoms with Gasteiger partial charge in [-0.2, -0.15) is 0 Å². The number of sulfone groups is 1. The maximum atomic E-state index is 12.3. The van der Waals surface area contributed by atoms with Crippen LogP contribution in [-0.2, 0) is 14.6 Å². The highest BCUT2D eigenvalue weighted by molar-refractivity contribution is 14.0. The molecule has 9 nitrogen and oxygen atoms in total. The smallest absolute Gasteiger partial charge is 0.289 e. The Bertz CT molecular complexity index is 700. The van der Waals surface area contributed by atoms with Crippen molar-refractivity contribution in [3.63, 3.8) is 0 Å². The van der Waals surface area contributed by atoms with E-state index in [-0.39, 0.29) is 42.2 Å². The molecule has 154 valence electrons. The van der Waals surface area contributed by atoms with Gasteiger partial charge in [0.1, 0.15) is 9.84 Å². The number of carbonyl (C=O) groups excluding carboxylic acids is 1. The lowest BCUT2D eigenvalue weighted by Gasteiger charge is -2.36. The van der Waals surface area contributed by atoms with Gasteiger partial charge in [0.15, 0.2) is 11.7 Å². The Morgan fingerprint density at radius 3 is 2.48 bits per heavy atom. The van der Waals surface area contributed by atoms with Gasteiger partial charge in [0.05, 0.1) is 25.2 Å². The largest absolute Gasteiger partial charge is 0.459 e. The van der Waals surface area contributed by atoms with Crippen molar-refractivity contribution >= 4 is 45.7 Å². The molecule has 11 heteroatoms. The third-order valence-corrected chi connectivity index (χ3v) is 4.85. The van der Waals surface area contributed by atoms with Crippen molar-refractivity contribution in [2.45, 2.75) is 0 Å². The van der Waals surface area contributed by atoms with E-state index in [2.05, 4.69) is 15.2 Å². The summed E-state index contributed by atoms with van der Waals surface area (Å²) in [6.07, 6.45) is 2.68. The number of guanidine groups is 1. The van der Waals surface area contributed by atoms with Crippen LogP contribution in [0.15, 0.2) is 27.8 Å². The highest BCUT2D eigenvalue weighted by atomic mass is 127. The van der Waals surface area contributed by atoms with Crippen LogP contribution in [0.4, 0.5) is 0 Å². The normalized spacial score (nSPS) is 15.4. The first-order valence-corrected chi connectivity index (χ1v) is 10.5. The summed E-state index contributed by atoms with van der Waals surface area (Å²) in [5, 5.41) is 3.19. The average molecular weight is 514 g/mol. The SMILES string of the molecule is CN=C(NCCOCCS(C)(=O)=O)N1CCN(C(=O)c2ccco2)CC1.I. The Labute approximate surface area is 177 Å². The molecule has 1 N–H and O–H groups in total. The molecule has 1 amide bonds. The van der Waals surface area contributed by atoms with Gasteiger partial charge < -0.3 is 24.3 Å². The third kappa shape index (κ3) is 8.05. The monoisotopic (exact) mass is 514 g/mol. The van der Waals surface area contributed by atoms with Gasteiger partial charge in [0, 0.05) is 46.0 Å². The molecule has 1 aromatic heterocycles. The molecule has 0 aromatic carbocycles. The van der Waals surface area contributed by atoms with Crippen LogP contribution in [0.1, 0.15) is 10.6 Å². The maximum absolute atomic E-state index is 12.3. The summed E-state index contributed by atoms with van der Waals surface area (Å²) in [5.74, 6) is 1.01. The number of amides is 1. The van der Waals surface area contributed by atoms with Gasteiger partial charge in [-0.15, -0.1) is 24.0 Å². The fourth-order valence-electron chi connectivity index (χ4n) is 2.56. The maximum Gasteiger partial charge on any atom is 0.289 e. The summed E-state index contributed by atoms with van der Waals surface area (Å²) in [5.41, 5.74) is 0. The van der Waals surface area contributed by atoms with Crippen LogP contribution in [0.25, 0.3) is 0 Å². The summed E-state index contributed by atoms with van der Waals surface area (Å²) >= 11 is 0. The first kappa shape index (κ1) is 23.7.